The fourth-order valence-corrected chi connectivity index (χ4v) is 3.37. The molecular weight excluding hydrogens is 230 g/mol. The molecule has 1 aromatic rings. The SMILES string of the molecule is CCC1CN(c2ccc(C=O)c(C)c2)CCS1. The number of thioether (sulfide) groups is 1. The van der Waals surface area contributed by atoms with Gasteiger partial charge in [0.25, 0.3) is 0 Å². The summed E-state index contributed by atoms with van der Waals surface area (Å²) in [5.74, 6) is 1.20. The van der Waals surface area contributed by atoms with Gasteiger partial charge in [-0.2, -0.15) is 11.8 Å². The van der Waals surface area contributed by atoms with Gasteiger partial charge < -0.3 is 4.90 Å². The fraction of sp³-hybridized carbons (Fsp3) is 0.500. The average molecular weight is 249 g/mol. The summed E-state index contributed by atoms with van der Waals surface area (Å²) in [6, 6.07) is 6.13. The number of aldehydes is 1. The second-order valence-electron chi connectivity index (χ2n) is 4.51. The van der Waals surface area contributed by atoms with Crippen LogP contribution in [0.3, 0.4) is 0 Å². The number of anilines is 1. The van der Waals surface area contributed by atoms with E-state index in [-0.39, 0.29) is 0 Å². The van der Waals surface area contributed by atoms with Crippen molar-refractivity contribution < 1.29 is 4.79 Å². The summed E-state index contributed by atoms with van der Waals surface area (Å²) in [4.78, 5) is 13.2. The first kappa shape index (κ1) is 12.5. The van der Waals surface area contributed by atoms with Crippen molar-refractivity contribution in [2.75, 3.05) is 23.7 Å². The molecule has 92 valence electrons. The van der Waals surface area contributed by atoms with Gasteiger partial charge >= 0.3 is 0 Å². The summed E-state index contributed by atoms with van der Waals surface area (Å²) in [7, 11) is 0. The van der Waals surface area contributed by atoms with E-state index >= 15 is 0 Å². The molecule has 0 aliphatic carbocycles. The van der Waals surface area contributed by atoms with E-state index in [2.05, 4.69) is 35.7 Å². The Labute approximate surface area is 107 Å². The Hall–Kier alpha value is -0.960. The number of aryl methyl sites for hydroxylation is 1. The van der Waals surface area contributed by atoms with Crippen LogP contribution in [0.2, 0.25) is 0 Å². The first-order valence-corrected chi connectivity index (χ1v) is 7.22. The highest BCUT2D eigenvalue weighted by Crippen LogP contribution is 2.26. The van der Waals surface area contributed by atoms with Crippen molar-refractivity contribution in [3.05, 3.63) is 29.3 Å². The number of carbonyl (C=O) groups excluding carboxylic acids is 1. The predicted molar refractivity (Wildman–Crippen MR) is 75.3 cm³/mol. The zero-order valence-corrected chi connectivity index (χ0v) is 11.3. The van der Waals surface area contributed by atoms with Gasteiger partial charge in [0.2, 0.25) is 0 Å². The Morgan fingerprint density at radius 2 is 2.35 bits per heavy atom. The molecule has 1 aromatic carbocycles. The molecule has 1 fully saturated rings. The number of benzene rings is 1. The predicted octanol–water partition coefficient (Wildman–Crippen LogP) is 3.14. The highest BCUT2D eigenvalue weighted by Gasteiger charge is 2.19. The highest BCUT2D eigenvalue weighted by atomic mass is 32.2. The smallest absolute Gasteiger partial charge is 0.150 e. The Bertz CT molecular complexity index is 405. The van der Waals surface area contributed by atoms with Gasteiger partial charge in [-0.1, -0.05) is 6.92 Å². The molecule has 0 saturated carbocycles. The third-order valence-electron chi connectivity index (χ3n) is 3.34. The largest absolute Gasteiger partial charge is 0.370 e. The molecule has 0 bridgehead atoms. The van der Waals surface area contributed by atoms with Crippen LogP contribution in [0.15, 0.2) is 18.2 Å². The molecule has 1 unspecified atom stereocenters. The van der Waals surface area contributed by atoms with Crippen LogP contribution in [0.25, 0.3) is 0 Å². The topological polar surface area (TPSA) is 20.3 Å². The zero-order chi connectivity index (χ0) is 12.3. The summed E-state index contributed by atoms with van der Waals surface area (Å²) in [5, 5.41) is 0.745. The lowest BCUT2D eigenvalue weighted by Gasteiger charge is -2.34. The van der Waals surface area contributed by atoms with Crippen molar-refractivity contribution in [1.82, 2.24) is 0 Å². The maximum absolute atomic E-state index is 10.8. The van der Waals surface area contributed by atoms with Crippen LogP contribution in [-0.4, -0.2) is 30.4 Å². The summed E-state index contributed by atoms with van der Waals surface area (Å²) in [6.07, 6.45) is 2.16. The Morgan fingerprint density at radius 1 is 1.53 bits per heavy atom. The molecule has 1 aliphatic heterocycles. The van der Waals surface area contributed by atoms with Gasteiger partial charge in [-0.05, 0) is 37.1 Å². The zero-order valence-electron chi connectivity index (χ0n) is 10.5. The van der Waals surface area contributed by atoms with E-state index < -0.39 is 0 Å². The molecular formula is C14H19NOS. The molecule has 17 heavy (non-hydrogen) atoms. The summed E-state index contributed by atoms with van der Waals surface area (Å²) in [6.45, 7) is 6.49. The van der Waals surface area contributed by atoms with Crippen LogP contribution in [0.4, 0.5) is 5.69 Å². The number of hydrogen-bond acceptors (Lipinski definition) is 3. The van der Waals surface area contributed by atoms with Crippen LogP contribution in [0.5, 0.6) is 0 Å². The monoisotopic (exact) mass is 249 g/mol. The second kappa shape index (κ2) is 5.58. The first-order chi connectivity index (χ1) is 8.24. The van der Waals surface area contributed by atoms with Crippen LogP contribution < -0.4 is 4.90 Å². The fourth-order valence-electron chi connectivity index (χ4n) is 2.19. The lowest BCUT2D eigenvalue weighted by molar-refractivity contribution is 0.112. The Kier molecular flexibility index (Phi) is 4.11. The molecule has 0 radical (unpaired) electrons. The Balaban J connectivity index is 2.16. The van der Waals surface area contributed by atoms with Crippen molar-refractivity contribution in [2.24, 2.45) is 0 Å². The number of carbonyl (C=O) groups is 1. The molecule has 0 N–H and O–H groups in total. The molecule has 0 amide bonds. The van der Waals surface area contributed by atoms with E-state index in [0.29, 0.717) is 0 Å². The number of hydrogen-bond donors (Lipinski definition) is 0. The van der Waals surface area contributed by atoms with Gasteiger partial charge in [-0.3, -0.25) is 4.79 Å². The normalized spacial score (nSPS) is 20.4. The molecule has 1 saturated heterocycles. The summed E-state index contributed by atoms with van der Waals surface area (Å²) in [5.41, 5.74) is 3.13. The van der Waals surface area contributed by atoms with E-state index in [9.17, 15) is 4.79 Å². The minimum absolute atomic E-state index is 0.745. The van der Waals surface area contributed by atoms with Crippen LogP contribution in [-0.2, 0) is 0 Å². The van der Waals surface area contributed by atoms with E-state index in [1.165, 1.54) is 17.9 Å². The third-order valence-corrected chi connectivity index (χ3v) is 4.71. The maximum atomic E-state index is 10.8. The highest BCUT2D eigenvalue weighted by molar-refractivity contribution is 8.00. The van der Waals surface area contributed by atoms with Crippen molar-refractivity contribution in [3.63, 3.8) is 0 Å². The Morgan fingerprint density at radius 3 is 3.00 bits per heavy atom. The second-order valence-corrected chi connectivity index (χ2v) is 5.91. The summed E-state index contributed by atoms with van der Waals surface area (Å²) >= 11 is 2.08. The molecule has 1 heterocycles. The first-order valence-electron chi connectivity index (χ1n) is 6.17. The molecule has 0 spiro atoms. The molecule has 2 nitrogen and oxygen atoms in total. The van der Waals surface area contributed by atoms with E-state index in [4.69, 9.17) is 0 Å². The lowest BCUT2D eigenvalue weighted by Crippen LogP contribution is -2.37. The quantitative estimate of drug-likeness (QED) is 0.768. The van der Waals surface area contributed by atoms with Crippen molar-refractivity contribution in [3.8, 4) is 0 Å². The van der Waals surface area contributed by atoms with Crippen LogP contribution in [0.1, 0.15) is 29.3 Å². The van der Waals surface area contributed by atoms with Gasteiger partial charge in [-0.15, -0.1) is 0 Å². The average Bonchev–Trinajstić information content (AvgIpc) is 2.38. The van der Waals surface area contributed by atoms with Gasteiger partial charge in [-0.25, -0.2) is 0 Å². The minimum Gasteiger partial charge on any atom is -0.370 e. The van der Waals surface area contributed by atoms with Gasteiger partial charge in [0.1, 0.15) is 6.29 Å². The van der Waals surface area contributed by atoms with Crippen LogP contribution >= 0.6 is 11.8 Å². The van der Waals surface area contributed by atoms with Crippen molar-refractivity contribution in [2.45, 2.75) is 25.5 Å². The van der Waals surface area contributed by atoms with Gasteiger partial charge in [0.05, 0.1) is 0 Å². The van der Waals surface area contributed by atoms with E-state index in [1.807, 2.05) is 13.0 Å². The molecule has 1 atom stereocenters. The van der Waals surface area contributed by atoms with Gasteiger partial charge in [0.15, 0.2) is 0 Å². The standard InChI is InChI=1S/C14H19NOS/c1-3-14-9-15(6-7-17-14)13-5-4-12(10-16)11(2)8-13/h4-5,8,10,14H,3,6-7,9H2,1-2H3. The third kappa shape index (κ3) is 2.83. The van der Waals surface area contributed by atoms with Crippen molar-refractivity contribution in [1.29, 1.82) is 0 Å². The van der Waals surface area contributed by atoms with E-state index in [1.54, 1.807) is 0 Å². The molecule has 1 aliphatic rings. The minimum atomic E-state index is 0.745. The maximum Gasteiger partial charge on any atom is 0.150 e. The van der Waals surface area contributed by atoms with Crippen LogP contribution in [0, 0.1) is 6.92 Å². The number of rotatable bonds is 3. The molecule has 0 aromatic heterocycles. The van der Waals surface area contributed by atoms with Gasteiger partial charge in [0, 0.05) is 35.3 Å². The van der Waals surface area contributed by atoms with Crippen molar-refractivity contribution >= 4 is 23.7 Å². The summed E-state index contributed by atoms with van der Waals surface area (Å²) < 4.78 is 0. The molecule has 3 heteroatoms. The van der Waals surface area contributed by atoms with E-state index in [0.717, 1.165) is 35.8 Å². The molecule has 2 rings (SSSR count). The lowest BCUT2D eigenvalue weighted by atomic mass is 10.1. The number of nitrogens with zero attached hydrogens (tertiary/aromatic N) is 1.